The molecule has 5 rings (SSSR count). The van der Waals surface area contributed by atoms with Gasteiger partial charge in [-0.3, -0.25) is 14.2 Å². The number of aromatic nitrogens is 3. The lowest BCUT2D eigenvalue weighted by molar-refractivity contribution is -0.131. The summed E-state index contributed by atoms with van der Waals surface area (Å²) in [6.45, 7) is 9.07. The van der Waals surface area contributed by atoms with Crippen molar-refractivity contribution in [3.63, 3.8) is 0 Å². The number of hydrogen-bond acceptors (Lipinski definition) is 5. The molecule has 3 heterocycles. The summed E-state index contributed by atoms with van der Waals surface area (Å²) in [6, 6.07) is 12.1. The highest BCUT2D eigenvalue weighted by Crippen LogP contribution is 2.30. The normalized spacial score (nSPS) is 14.9. The van der Waals surface area contributed by atoms with Gasteiger partial charge in [0.2, 0.25) is 5.91 Å². The van der Waals surface area contributed by atoms with E-state index in [1.54, 1.807) is 30.7 Å². The molecule has 1 unspecified atom stereocenters. The fraction of sp³-hybridized carbons (Fsp3) is 0.296. The number of rotatable bonds is 5. The second kappa shape index (κ2) is 9.37. The first-order valence-corrected chi connectivity index (χ1v) is 11.9. The van der Waals surface area contributed by atoms with E-state index < -0.39 is 6.04 Å². The molecule has 0 spiro atoms. The van der Waals surface area contributed by atoms with Crippen LogP contribution in [0.2, 0.25) is 0 Å². The molecule has 2 aromatic carbocycles. The molecule has 2 aromatic heterocycles. The van der Waals surface area contributed by atoms with Gasteiger partial charge in [0.25, 0.3) is 0 Å². The van der Waals surface area contributed by atoms with Gasteiger partial charge < -0.3 is 15.1 Å². The van der Waals surface area contributed by atoms with Crippen LogP contribution in [0.25, 0.3) is 16.9 Å². The number of carbonyl (C=O) groups is 1. The standard InChI is InChI=1S/C27H29FN6O/c1-18-5-4-6-19(2)25(18)32-13-15-33(16-14-32)27(35)20(3)30-26-24(21-7-9-22(28)10-8-21)31-23-17-29-11-12-34(23)26/h4-12,17,20,30H,13-16H2,1-3H3. The van der Waals surface area contributed by atoms with Gasteiger partial charge in [0.15, 0.2) is 5.65 Å². The van der Waals surface area contributed by atoms with E-state index in [2.05, 4.69) is 52.2 Å². The minimum absolute atomic E-state index is 0.0419. The van der Waals surface area contributed by atoms with Crippen molar-refractivity contribution in [2.24, 2.45) is 0 Å². The quantitative estimate of drug-likeness (QED) is 0.469. The van der Waals surface area contributed by atoms with Gasteiger partial charge in [-0.05, 0) is 56.2 Å². The summed E-state index contributed by atoms with van der Waals surface area (Å²) in [7, 11) is 0. The number of para-hydroxylation sites is 1. The highest BCUT2D eigenvalue weighted by molar-refractivity contribution is 5.86. The third kappa shape index (κ3) is 4.43. The van der Waals surface area contributed by atoms with E-state index in [0.29, 0.717) is 30.2 Å². The Kier molecular flexibility index (Phi) is 6.11. The monoisotopic (exact) mass is 472 g/mol. The summed E-state index contributed by atoms with van der Waals surface area (Å²) in [5.74, 6) is 0.418. The molecule has 1 fully saturated rings. The van der Waals surface area contributed by atoms with Crippen LogP contribution in [-0.4, -0.2) is 57.4 Å². The van der Waals surface area contributed by atoms with Gasteiger partial charge in [0, 0.05) is 49.8 Å². The Bertz CT molecular complexity index is 1340. The summed E-state index contributed by atoms with van der Waals surface area (Å²) in [5, 5.41) is 3.38. The van der Waals surface area contributed by atoms with E-state index in [4.69, 9.17) is 0 Å². The molecule has 4 aromatic rings. The SMILES string of the molecule is Cc1cccc(C)c1N1CCN(C(=O)C(C)Nc2c(-c3ccc(F)cc3)nc3cnccn23)CC1. The zero-order valence-electron chi connectivity index (χ0n) is 20.2. The van der Waals surface area contributed by atoms with Gasteiger partial charge >= 0.3 is 0 Å². The Morgan fingerprint density at radius 3 is 2.40 bits per heavy atom. The number of hydrogen-bond donors (Lipinski definition) is 1. The zero-order valence-corrected chi connectivity index (χ0v) is 20.2. The second-order valence-corrected chi connectivity index (χ2v) is 9.04. The van der Waals surface area contributed by atoms with Crippen molar-refractivity contribution in [3.05, 3.63) is 78.0 Å². The Balaban J connectivity index is 1.33. The topological polar surface area (TPSA) is 65.8 Å². The van der Waals surface area contributed by atoms with Crippen molar-refractivity contribution in [1.82, 2.24) is 19.3 Å². The first-order chi connectivity index (χ1) is 16.9. The Labute approximate surface area is 204 Å². The molecule has 1 amide bonds. The van der Waals surface area contributed by atoms with Crippen LogP contribution in [0.1, 0.15) is 18.1 Å². The van der Waals surface area contributed by atoms with Crippen LogP contribution >= 0.6 is 0 Å². The summed E-state index contributed by atoms with van der Waals surface area (Å²) >= 11 is 0. The maximum absolute atomic E-state index is 13.5. The number of nitrogens with zero attached hydrogens (tertiary/aromatic N) is 5. The minimum atomic E-state index is -0.464. The lowest BCUT2D eigenvalue weighted by Crippen LogP contribution is -2.52. The van der Waals surface area contributed by atoms with Crippen LogP contribution in [0.4, 0.5) is 15.9 Å². The molecule has 8 heteroatoms. The highest BCUT2D eigenvalue weighted by Gasteiger charge is 2.27. The molecule has 1 aliphatic heterocycles. The number of halogens is 1. The van der Waals surface area contributed by atoms with Crippen molar-refractivity contribution in [2.75, 3.05) is 36.4 Å². The van der Waals surface area contributed by atoms with Crippen molar-refractivity contribution in [2.45, 2.75) is 26.8 Å². The van der Waals surface area contributed by atoms with Gasteiger partial charge in [-0.2, -0.15) is 0 Å². The van der Waals surface area contributed by atoms with Crippen LogP contribution < -0.4 is 10.2 Å². The number of carbonyl (C=O) groups excluding carboxylic acids is 1. The number of fused-ring (bicyclic) bond motifs is 1. The Hall–Kier alpha value is -3.94. The molecule has 0 saturated carbocycles. The predicted octanol–water partition coefficient (Wildman–Crippen LogP) is 4.30. The van der Waals surface area contributed by atoms with Crippen molar-refractivity contribution in [1.29, 1.82) is 0 Å². The van der Waals surface area contributed by atoms with E-state index >= 15 is 0 Å². The third-order valence-corrected chi connectivity index (χ3v) is 6.62. The molecule has 0 aliphatic carbocycles. The molecule has 180 valence electrons. The molecule has 0 bridgehead atoms. The molecule has 1 atom stereocenters. The Morgan fingerprint density at radius 2 is 1.71 bits per heavy atom. The average molecular weight is 473 g/mol. The largest absolute Gasteiger partial charge is 0.368 e. The van der Waals surface area contributed by atoms with Gasteiger partial charge in [-0.1, -0.05) is 18.2 Å². The van der Waals surface area contributed by atoms with E-state index in [-0.39, 0.29) is 11.7 Å². The highest BCUT2D eigenvalue weighted by atomic mass is 19.1. The van der Waals surface area contributed by atoms with Crippen LogP contribution in [0.5, 0.6) is 0 Å². The summed E-state index contributed by atoms with van der Waals surface area (Å²) in [6.07, 6.45) is 5.14. The predicted molar refractivity (Wildman–Crippen MR) is 136 cm³/mol. The first-order valence-electron chi connectivity index (χ1n) is 11.9. The Morgan fingerprint density at radius 1 is 1.03 bits per heavy atom. The molecule has 0 radical (unpaired) electrons. The number of imidazole rings is 1. The number of nitrogens with one attached hydrogen (secondary N) is 1. The summed E-state index contributed by atoms with van der Waals surface area (Å²) in [5.41, 5.74) is 5.85. The molecule has 35 heavy (non-hydrogen) atoms. The van der Waals surface area contributed by atoms with Gasteiger partial charge in [0.05, 0.1) is 6.20 Å². The van der Waals surface area contributed by atoms with Gasteiger partial charge in [-0.15, -0.1) is 0 Å². The third-order valence-electron chi connectivity index (χ3n) is 6.62. The lowest BCUT2D eigenvalue weighted by Gasteiger charge is -2.38. The van der Waals surface area contributed by atoms with Crippen molar-refractivity contribution < 1.29 is 9.18 Å². The van der Waals surface area contributed by atoms with Gasteiger partial charge in [0.1, 0.15) is 23.4 Å². The molecule has 7 nitrogen and oxygen atoms in total. The minimum Gasteiger partial charge on any atom is -0.368 e. The smallest absolute Gasteiger partial charge is 0.244 e. The summed E-state index contributed by atoms with van der Waals surface area (Å²) in [4.78, 5) is 26.5. The number of benzene rings is 2. The number of anilines is 2. The lowest BCUT2D eigenvalue weighted by atomic mass is 10.1. The van der Waals surface area contributed by atoms with E-state index in [9.17, 15) is 9.18 Å². The van der Waals surface area contributed by atoms with Crippen LogP contribution in [0.3, 0.4) is 0 Å². The number of piperazine rings is 1. The van der Waals surface area contributed by atoms with Crippen molar-refractivity contribution in [3.8, 4) is 11.3 Å². The first kappa shape index (κ1) is 22.8. The second-order valence-electron chi connectivity index (χ2n) is 9.04. The summed E-state index contributed by atoms with van der Waals surface area (Å²) < 4.78 is 15.4. The zero-order chi connectivity index (χ0) is 24.5. The van der Waals surface area contributed by atoms with Crippen LogP contribution in [0.15, 0.2) is 61.1 Å². The molecule has 1 N–H and O–H groups in total. The fourth-order valence-corrected chi connectivity index (χ4v) is 4.85. The molecule has 1 saturated heterocycles. The molecular weight excluding hydrogens is 443 g/mol. The van der Waals surface area contributed by atoms with Gasteiger partial charge in [-0.25, -0.2) is 9.37 Å². The van der Waals surface area contributed by atoms with E-state index in [0.717, 1.165) is 18.7 Å². The van der Waals surface area contributed by atoms with E-state index in [1.807, 2.05) is 16.2 Å². The number of aryl methyl sites for hydroxylation is 2. The fourth-order valence-electron chi connectivity index (χ4n) is 4.85. The average Bonchev–Trinajstić information content (AvgIpc) is 3.22. The molecule has 1 aliphatic rings. The van der Waals surface area contributed by atoms with E-state index in [1.165, 1.54) is 28.9 Å². The maximum atomic E-state index is 13.5. The molecular formula is C27H29FN6O. The number of amides is 1. The van der Waals surface area contributed by atoms with Crippen LogP contribution in [-0.2, 0) is 4.79 Å². The van der Waals surface area contributed by atoms with Crippen molar-refractivity contribution >= 4 is 23.1 Å². The van der Waals surface area contributed by atoms with Crippen LogP contribution in [0, 0.1) is 19.7 Å². The maximum Gasteiger partial charge on any atom is 0.244 e.